The Kier molecular flexibility index (Phi) is 8.96. The number of rotatable bonds is 11. The molecule has 0 saturated heterocycles. The van der Waals surface area contributed by atoms with E-state index in [4.69, 9.17) is 27.9 Å². The average molecular weight is 454 g/mol. The Morgan fingerprint density at radius 2 is 1.60 bits per heavy atom. The average Bonchev–Trinajstić information content (AvgIpc) is 2.65. The Balaban J connectivity index is 2.02. The number of nitrogens with one attached hydrogen (secondary N) is 1. The fourth-order valence-corrected chi connectivity index (χ4v) is 3.58. The number of hydrogen-bond acceptors (Lipinski definition) is 4. The van der Waals surface area contributed by atoms with E-state index in [2.05, 4.69) is 5.32 Å². The molecular formula is C22H25Cl2NO5. The molecule has 30 heavy (non-hydrogen) atoms. The van der Waals surface area contributed by atoms with Crippen LogP contribution in [0.3, 0.4) is 0 Å². The number of aliphatic carboxylic acids is 2. The van der Waals surface area contributed by atoms with Gasteiger partial charge in [0.25, 0.3) is 0 Å². The molecule has 0 bridgehead atoms. The first-order chi connectivity index (χ1) is 14.2. The van der Waals surface area contributed by atoms with E-state index < -0.39 is 23.9 Å². The van der Waals surface area contributed by atoms with Crippen molar-refractivity contribution in [2.24, 2.45) is 5.92 Å². The van der Waals surface area contributed by atoms with Crippen molar-refractivity contribution in [3.05, 3.63) is 63.6 Å². The smallest absolute Gasteiger partial charge is 0.320 e. The number of halogens is 2. The molecule has 0 aromatic heterocycles. The van der Waals surface area contributed by atoms with Crippen LogP contribution in [0.4, 0.5) is 0 Å². The molecular weight excluding hydrogens is 429 g/mol. The van der Waals surface area contributed by atoms with Gasteiger partial charge in [-0.3, -0.25) is 9.59 Å². The minimum Gasteiger partial charge on any atom is -0.489 e. The molecule has 8 heteroatoms. The van der Waals surface area contributed by atoms with Gasteiger partial charge < -0.3 is 20.3 Å². The zero-order valence-corrected chi connectivity index (χ0v) is 18.3. The third kappa shape index (κ3) is 7.52. The van der Waals surface area contributed by atoms with Crippen LogP contribution in [0.2, 0.25) is 10.0 Å². The zero-order valence-electron chi connectivity index (χ0n) is 16.8. The molecule has 0 aliphatic rings. The topological polar surface area (TPSA) is 95.9 Å². The SMILES string of the molecule is CC(C)CC(NCC(C(=O)O)c1ccc(OCc2cc(Cl)cc(Cl)c2)cc1)C(=O)O. The molecule has 6 nitrogen and oxygen atoms in total. The van der Waals surface area contributed by atoms with Gasteiger partial charge in [-0.25, -0.2) is 0 Å². The Hall–Kier alpha value is -2.28. The van der Waals surface area contributed by atoms with Gasteiger partial charge >= 0.3 is 11.9 Å². The van der Waals surface area contributed by atoms with Crippen molar-refractivity contribution in [3.63, 3.8) is 0 Å². The second-order valence-electron chi connectivity index (χ2n) is 7.45. The van der Waals surface area contributed by atoms with Crippen molar-refractivity contribution in [1.29, 1.82) is 0 Å². The minimum absolute atomic E-state index is 0.0141. The number of carboxylic acid groups (broad SMARTS) is 2. The minimum atomic E-state index is -1.03. The highest BCUT2D eigenvalue weighted by atomic mass is 35.5. The lowest BCUT2D eigenvalue weighted by molar-refractivity contribution is -0.142. The highest BCUT2D eigenvalue weighted by molar-refractivity contribution is 6.34. The summed E-state index contributed by atoms with van der Waals surface area (Å²) in [6, 6.07) is 11.0. The number of hydrogen-bond donors (Lipinski definition) is 3. The number of ether oxygens (including phenoxy) is 1. The van der Waals surface area contributed by atoms with Gasteiger partial charge in [-0.1, -0.05) is 49.2 Å². The largest absolute Gasteiger partial charge is 0.489 e. The molecule has 2 atom stereocenters. The van der Waals surface area contributed by atoms with Crippen molar-refractivity contribution >= 4 is 35.1 Å². The van der Waals surface area contributed by atoms with Crippen molar-refractivity contribution in [2.75, 3.05) is 6.54 Å². The summed E-state index contributed by atoms with van der Waals surface area (Å²) in [5, 5.41) is 22.8. The fraction of sp³-hybridized carbons (Fsp3) is 0.364. The predicted octanol–water partition coefficient (Wildman–Crippen LogP) is 4.83. The molecule has 2 aromatic rings. The van der Waals surface area contributed by atoms with Gasteiger partial charge in [-0.2, -0.15) is 0 Å². The molecule has 2 rings (SSSR count). The molecule has 162 valence electrons. The molecule has 2 aromatic carbocycles. The Bertz CT molecular complexity index is 850. The van der Waals surface area contributed by atoms with Crippen molar-refractivity contribution < 1.29 is 24.5 Å². The standard InChI is InChI=1S/C22H25Cl2NO5/c1-13(2)7-20(22(28)29)25-11-19(21(26)27)15-3-5-18(6-4-15)30-12-14-8-16(23)10-17(24)9-14/h3-6,8-10,13,19-20,25H,7,11-12H2,1-2H3,(H,26,27)(H,28,29). The predicted molar refractivity (Wildman–Crippen MR) is 116 cm³/mol. The molecule has 0 amide bonds. The van der Waals surface area contributed by atoms with Crippen LogP contribution >= 0.6 is 23.2 Å². The molecule has 0 spiro atoms. The molecule has 0 aliphatic carbocycles. The summed E-state index contributed by atoms with van der Waals surface area (Å²) in [7, 11) is 0. The van der Waals surface area contributed by atoms with E-state index in [1.165, 1.54) is 0 Å². The Morgan fingerprint density at radius 3 is 2.10 bits per heavy atom. The lowest BCUT2D eigenvalue weighted by Gasteiger charge is -2.20. The highest BCUT2D eigenvalue weighted by Crippen LogP contribution is 2.23. The second-order valence-corrected chi connectivity index (χ2v) is 8.33. The van der Waals surface area contributed by atoms with Crippen LogP contribution in [0, 0.1) is 5.92 Å². The molecule has 2 unspecified atom stereocenters. The van der Waals surface area contributed by atoms with Crippen molar-refractivity contribution in [3.8, 4) is 5.75 Å². The fourth-order valence-electron chi connectivity index (χ4n) is 3.01. The quantitative estimate of drug-likeness (QED) is 0.450. The summed E-state index contributed by atoms with van der Waals surface area (Å²) in [6.45, 7) is 4.12. The number of carbonyl (C=O) groups is 2. The van der Waals surface area contributed by atoms with Gasteiger partial charge in [-0.15, -0.1) is 0 Å². The highest BCUT2D eigenvalue weighted by Gasteiger charge is 2.24. The van der Waals surface area contributed by atoms with E-state index in [1.807, 2.05) is 13.8 Å². The summed E-state index contributed by atoms with van der Waals surface area (Å²) in [5.41, 5.74) is 1.37. The van der Waals surface area contributed by atoms with Crippen LogP contribution in [0.5, 0.6) is 5.75 Å². The zero-order chi connectivity index (χ0) is 22.3. The van der Waals surface area contributed by atoms with E-state index in [1.54, 1.807) is 42.5 Å². The first-order valence-electron chi connectivity index (χ1n) is 9.52. The van der Waals surface area contributed by atoms with Gasteiger partial charge in [-0.05, 0) is 53.8 Å². The summed E-state index contributed by atoms with van der Waals surface area (Å²) in [5.74, 6) is -2.15. The van der Waals surface area contributed by atoms with Gasteiger partial charge in [0.05, 0.1) is 5.92 Å². The molecule has 0 heterocycles. The summed E-state index contributed by atoms with van der Waals surface area (Å²) >= 11 is 12.0. The van der Waals surface area contributed by atoms with E-state index >= 15 is 0 Å². The maximum absolute atomic E-state index is 11.7. The summed E-state index contributed by atoms with van der Waals surface area (Å²) < 4.78 is 5.71. The molecule has 0 saturated carbocycles. The summed E-state index contributed by atoms with van der Waals surface area (Å²) in [4.78, 5) is 23.1. The van der Waals surface area contributed by atoms with E-state index in [0.717, 1.165) is 5.56 Å². The van der Waals surface area contributed by atoms with Gasteiger partial charge in [0.15, 0.2) is 0 Å². The van der Waals surface area contributed by atoms with Crippen LogP contribution in [-0.2, 0) is 16.2 Å². The van der Waals surface area contributed by atoms with Crippen LogP contribution < -0.4 is 10.1 Å². The van der Waals surface area contributed by atoms with Crippen LogP contribution in [0.1, 0.15) is 37.3 Å². The second kappa shape index (κ2) is 11.2. The first-order valence-corrected chi connectivity index (χ1v) is 10.3. The monoisotopic (exact) mass is 453 g/mol. The van der Waals surface area contributed by atoms with Gasteiger partial charge in [0, 0.05) is 16.6 Å². The van der Waals surface area contributed by atoms with Crippen molar-refractivity contribution in [1.82, 2.24) is 5.32 Å². The summed E-state index contributed by atoms with van der Waals surface area (Å²) in [6.07, 6.45) is 0.419. The third-order valence-corrected chi connectivity index (χ3v) is 4.92. The maximum Gasteiger partial charge on any atom is 0.320 e. The number of carboxylic acids is 2. The third-order valence-electron chi connectivity index (χ3n) is 4.48. The molecule has 0 fully saturated rings. The molecule has 0 aliphatic heterocycles. The Labute approximate surface area is 185 Å². The maximum atomic E-state index is 11.7. The lowest BCUT2D eigenvalue weighted by Crippen LogP contribution is -2.41. The normalized spacial score (nSPS) is 13.1. The van der Waals surface area contributed by atoms with Crippen LogP contribution in [0.15, 0.2) is 42.5 Å². The lowest BCUT2D eigenvalue weighted by atomic mass is 9.97. The molecule has 0 radical (unpaired) electrons. The van der Waals surface area contributed by atoms with E-state index in [-0.39, 0.29) is 19.1 Å². The van der Waals surface area contributed by atoms with Gasteiger partial charge in [0.1, 0.15) is 18.4 Å². The first kappa shape index (κ1) is 24.0. The van der Waals surface area contributed by atoms with Crippen molar-refractivity contribution in [2.45, 2.75) is 38.8 Å². The van der Waals surface area contributed by atoms with Gasteiger partial charge in [0.2, 0.25) is 0 Å². The van der Waals surface area contributed by atoms with Crippen LogP contribution in [0.25, 0.3) is 0 Å². The van der Waals surface area contributed by atoms with Crippen LogP contribution in [-0.4, -0.2) is 34.7 Å². The van der Waals surface area contributed by atoms with E-state index in [9.17, 15) is 19.8 Å². The number of benzene rings is 2. The Morgan fingerprint density at radius 1 is 1.00 bits per heavy atom. The molecule has 3 N–H and O–H groups in total. The van der Waals surface area contributed by atoms with E-state index in [0.29, 0.717) is 27.8 Å².